The number of aromatic nitrogens is 1. The standard InChI is InChI=1S/C13H9N3O2S/c17-19(18)15-12(10-5-2-1-3-6-10)13(16-19)11-7-4-8-14-9-11/h1-9H. The zero-order valence-electron chi connectivity index (χ0n) is 9.76. The third-order valence-electron chi connectivity index (χ3n) is 2.62. The molecule has 0 N–H and O–H groups in total. The number of hydrogen-bond donors (Lipinski definition) is 0. The SMILES string of the molecule is O=S1(=O)N=C(c2ccccc2)C(c2cccnc2)=N1. The van der Waals surface area contributed by atoms with Gasteiger partial charge in [-0.1, -0.05) is 30.3 Å². The van der Waals surface area contributed by atoms with Crippen LogP contribution in [0.5, 0.6) is 0 Å². The van der Waals surface area contributed by atoms with Crippen molar-refractivity contribution in [3.05, 3.63) is 66.0 Å². The van der Waals surface area contributed by atoms with Crippen LogP contribution in [0.25, 0.3) is 0 Å². The molecule has 2 aromatic rings. The van der Waals surface area contributed by atoms with Crippen molar-refractivity contribution in [2.45, 2.75) is 0 Å². The predicted molar refractivity (Wildman–Crippen MR) is 72.7 cm³/mol. The zero-order valence-corrected chi connectivity index (χ0v) is 10.6. The summed E-state index contributed by atoms with van der Waals surface area (Å²) in [6.45, 7) is 0. The molecule has 0 amide bonds. The smallest absolute Gasteiger partial charge is 0.264 e. The fourth-order valence-corrected chi connectivity index (χ4v) is 2.70. The molecule has 0 radical (unpaired) electrons. The number of benzene rings is 1. The van der Waals surface area contributed by atoms with Crippen molar-refractivity contribution in [1.82, 2.24) is 4.98 Å². The molecule has 1 aromatic carbocycles. The van der Waals surface area contributed by atoms with E-state index in [0.717, 1.165) is 0 Å². The van der Waals surface area contributed by atoms with Crippen molar-refractivity contribution in [3.63, 3.8) is 0 Å². The maximum absolute atomic E-state index is 11.6. The Morgan fingerprint density at radius 2 is 1.42 bits per heavy atom. The van der Waals surface area contributed by atoms with Crippen LogP contribution < -0.4 is 0 Å². The minimum Gasteiger partial charge on any atom is -0.264 e. The van der Waals surface area contributed by atoms with Crippen molar-refractivity contribution >= 4 is 21.6 Å². The van der Waals surface area contributed by atoms with Gasteiger partial charge in [0.05, 0.1) is 0 Å². The van der Waals surface area contributed by atoms with E-state index in [1.165, 1.54) is 0 Å². The second kappa shape index (κ2) is 4.40. The van der Waals surface area contributed by atoms with E-state index in [2.05, 4.69) is 13.8 Å². The number of rotatable bonds is 2. The monoisotopic (exact) mass is 271 g/mol. The van der Waals surface area contributed by atoms with E-state index in [4.69, 9.17) is 0 Å². The molecule has 0 bridgehead atoms. The summed E-state index contributed by atoms with van der Waals surface area (Å²) < 4.78 is 30.6. The first kappa shape index (κ1) is 11.7. The Labute approximate surface area is 110 Å². The van der Waals surface area contributed by atoms with E-state index in [9.17, 15) is 8.42 Å². The Kier molecular flexibility index (Phi) is 2.72. The van der Waals surface area contributed by atoms with Gasteiger partial charge in [-0.2, -0.15) is 8.42 Å². The van der Waals surface area contributed by atoms with Gasteiger partial charge in [-0.3, -0.25) is 4.98 Å². The van der Waals surface area contributed by atoms with Crippen LogP contribution in [0.15, 0.2) is 63.7 Å². The van der Waals surface area contributed by atoms with Gasteiger partial charge >= 0.3 is 10.2 Å². The van der Waals surface area contributed by atoms with E-state index in [-0.39, 0.29) is 0 Å². The van der Waals surface area contributed by atoms with Crippen molar-refractivity contribution in [2.75, 3.05) is 0 Å². The summed E-state index contributed by atoms with van der Waals surface area (Å²) >= 11 is 0. The average Bonchev–Trinajstić information content (AvgIpc) is 2.77. The van der Waals surface area contributed by atoms with E-state index < -0.39 is 10.2 Å². The number of pyridine rings is 1. The predicted octanol–water partition coefficient (Wildman–Crippen LogP) is 1.62. The maximum atomic E-state index is 11.6. The molecule has 0 saturated heterocycles. The van der Waals surface area contributed by atoms with Crippen LogP contribution >= 0.6 is 0 Å². The first-order valence-corrected chi connectivity index (χ1v) is 6.96. The van der Waals surface area contributed by atoms with Crippen LogP contribution in [0.3, 0.4) is 0 Å². The van der Waals surface area contributed by atoms with Crippen LogP contribution in [0.1, 0.15) is 11.1 Å². The molecule has 0 fully saturated rings. The van der Waals surface area contributed by atoms with Crippen LogP contribution in [-0.2, 0) is 10.2 Å². The highest BCUT2D eigenvalue weighted by Gasteiger charge is 2.26. The Balaban J connectivity index is 2.17. The fourth-order valence-electron chi connectivity index (χ4n) is 1.82. The highest BCUT2D eigenvalue weighted by molar-refractivity contribution is 7.89. The number of nitrogens with zero attached hydrogens (tertiary/aromatic N) is 3. The average molecular weight is 271 g/mol. The molecule has 19 heavy (non-hydrogen) atoms. The summed E-state index contributed by atoms with van der Waals surface area (Å²) in [7, 11) is -3.79. The highest BCUT2D eigenvalue weighted by atomic mass is 32.2. The minimum absolute atomic E-state index is 0.333. The van der Waals surface area contributed by atoms with Gasteiger partial charge in [0.25, 0.3) is 0 Å². The fraction of sp³-hybridized carbons (Fsp3) is 0. The van der Waals surface area contributed by atoms with Crippen LogP contribution in [0.2, 0.25) is 0 Å². The zero-order chi connectivity index (χ0) is 13.3. The lowest BCUT2D eigenvalue weighted by Gasteiger charge is -2.03. The van der Waals surface area contributed by atoms with E-state index >= 15 is 0 Å². The molecule has 6 heteroatoms. The first-order valence-electron chi connectivity index (χ1n) is 5.57. The lowest BCUT2D eigenvalue weighted by atomic mass is 10.0. The van der Waals surface area contributed by atoms with Gasteiger partial charge in [0.15, 0.2) is 0 Å². The molecule has 0 aliphatic carbocycles. The Bertz CT molecular complexity index is 705. The highest BCUT2D eigenvalue weighted by Crippen LogP contribution is 2.18. The molecule has 0 unspecified atom stereocenters. The van der Waals surface area contributed by atoms with Crippen LogP contribution in [0, 0.1) is 0 Å². The quantitative estimate of drug-likeness (QED) is 0.833. The van der Waals surface area contributed by atoms with Crippen LogP contribution in [0.4, 0.5) is 0 Å². The summed E-state index contributed by atoms with van der Waals surface area (Å²) in [5, 5.41) is 0. The molecule has 2 heterocycles. The molecule has 0 atom stereocenters. The molecule has 0 spiro atoms. The topological polar surface area (TPSA) is 71.8 Å². The van der Waals surface area contributed by atoms with Crippen molar-refractivity contribution < 1.29 is 8.42 Å². The lowest BCUT2D eigenvalue weighted by Crippen LogP contribution is -2.13. The van der Waals surface area contributed by atoms with E-state index in [0.29, 0.717) is 22.6 Å². The second-order valence-electron chi connectivity index (χ2n) is 3.94. The molecule has 1 aromatic heterocycles. The normalized spacial score (nSPS) is 16.8. The first-order chi connectivity index (χ1) is 9.16. The molecule has 94 valence electrons. The number of hydrogen-bond acceptors (Lipinski definition) is 3. The lowest BCUT2D eigenvalue weighted by molar-refractivity contribution is 0.601. The minimum atomic E-state index is -3.79. The summed E-state index contributed by atoms with van der Waals surface area (Å²) in [5.74, 6) is 0. The summed E-state index contributed by atoms with van der Waals surface area (Å²) in [4.78, 5) is 3.97. The van der Waals surface area contributed by atoms with Crippen LogP contribution in [-0.4, -0.2) is 24.8 Å². The molecule has 5 nitrogen and oxygen atoms in total. The van der Waals surface area contributed by atoms with Gasteiger partial charge in [-0.15, -0.1) is 8.80 Å². The maximum Gasteiger partial charge on any atom is 0.364 e. The van der Waals surface area contributed by atoms with Gasteiger partial charge in [0.1, 0.15) is 11.4 Å². The van der Waals surface area contributed by atoms with E-state index in [1.807, 2.05) is 18.2 Å². The molecular formula is C13H9N3O2S. The summed E-state index contributed by atoms with van der Waals surface area (Å²) in [6.07, 6.45) is 3.19. The second-order valence-corrected chi connectivity index (χ2v) is 5.20. The third kappa shape index (κ3) is 2.30. The van der Waals surface area contributed by atoms with Gasteiger partial charge in [-0.05, 0) is 12.1 Å². The van der Waals surface area contributed by atoms with Gasteiger partial charge in [0, 0.05) is 23.5 Å². The third-order valence-corrected chi connectivity index (χ3v) is 3.45. The van der Waals surface area contributed by atoms with Crippen molar-refractivity contribution in [2.24, 2.45) is 8.80 Å². The Morgan fingerprint density at radius 3 is 2.05 bits per heavy atom. The van der Waals surface area contributed by atoms with Gasteiger partial charge < -0.3 is 0 Å². The van der Waals surface area contributed by atoms with Gasteiger partial charge in [-0.25, -0.2) is 0 Å². The Morgan fingerprint density at radius 1 is 0.789 bits per heavy atom. The summed E-state index contributed by atoms with van der Waals surface area (Å²) in [5.41, 5.74) is 2.03. The van der Waals surface area contributed by atoms with Gasteiger partial charge in [0.2, 0.25) is 0 Å². The molecular weight excluding hydrogens is 262 g/mol. The van der Waals surface area contributed by atoms with Crippen molar-refractivity contribution in [3.8, 4) is 0 Å². The molecule has 3 rings (SSSR count). The molecule has 1 aliphatic rings. The largest absolute Gasteiger partial charge is 0.364 e. The molecule has 0 saturated carbocycles. The van der Waals surface area contributed by atoms with Crippen molar-refractivity contribution in [1.29, 1.82) is 0 Å². The Hall–Kier alpha value is -2.34. The van der Waals surface area contributed by atoms with E-state index in [1.54, 1.807) is 36.7 Å². The summed E-state index contributed by atoms with van der Waals surface area (Å²) in [6, 6.07) is 12.6. The molecule has 1 aliphatic heterocycles.